The van der Waals surface area contributed by atoms with Crippen molar-refractivity contribution in [3.8, 4) is 6.07 Å². The summed E-state index contributed by atoms with van der Waals surface area (Å²) in [4.78, 5) is 8.53. The lowest BCUT2D eigenvalue weighted by Gasteiger charge is -2.30. The van der Waals surface area contributed by atoms with E-state index < -0.39 is 11.6 Å². The number of anilines is 1. The van der Waals surface area contributed by atoms with Crippen LogP contribution in [0.25, 0.3) is 11.0 Å². The fraction of sp³-hybridized carbons (Fsp3) is 0.200. The summed E-state index contributed by atoms with van der Waals surface area (Å²) in [5.41, 5.74) is 13.7. The van der Waals surface area contributed by atoms with Gasteiger partial charge in [0.05, 0.1) is 29.9 Å². The molecule has 1 aliphatic rings. The van der Waals surface area contributed by atoms with Gasteiger partial charge in [0, 0.05) is 11.4 Å². The number of rotatable bonds is 3. The smallest absolute Gasteiger partial charge is 0.174 e. The summed E-state index contributed by atoms with van der Waals surface area (Å²) in [6.45, 7) is 2.38. The Balaban J connectivity index is 1.83. The largest absolute Gasteiger partial charge is 0.400 e. The predicted octanol–water partition coefficient (Wildman–Crippen LogP) is 2.28. The van der Waals surface area contributed by atoms with Gasteiger partial charge in [0.25, 0.3) is 0 Å². The predicted molar refractivity (Wildman–Crippen MR) is 104 cm³/mol. The zero-order chi connectivity index (χ0) is 19.9. The summed E-state index contributed by atoms with van der Waals surface area (Å²) >= 11 is 0. The molecule has 0 aliphatic heterocycles. The van der Waals surface area contributed by atoms with Gasteiger partial charge in [-0.1, -0.05) is 18.2 Å². The van der Waals surface area contributed by atoms with Gasteiger partial charge in [-0.3, -0.25) is 0 Å². The van der Waals surface area contributed by atoms with Crippen LogP contribution in [0.4, 0.5) is 10.1 Å². The van der Waals surface area contributed by atoms with Gasteiger partial charge in [-0.05, 0) is 36.3 Å². The molecule has 3 aromatic rings. The minimum atomic E-state index is -1.71. The van der Waals surface area contributed by atoms with Gasteiger partial charge in [0.1, 0.15) is 12.5 Å². The quantitative estimate of drug-likeness (QED) is 0.678. The third-order valence-corrected chi connectivity index (χ3v) is 5.07. The number of nitrogens with zero attached hydrogens (tertiary/aromatic N) is 5. The molecule has 0 saturated heterocycles. The number of nitrogen functional groups attached to an aromatic ring is 1. The molecule has 0 spiro atoms. The Morgan fingerprint density at radius 2 is 2.14 bits per heavy atom. The minimum Gasteiger partial charge on any atom is -0.400 e. The lowest BCUT2D eigenvalue weighted by molar-refractivity contribution is 0.306. The van der Waals surface area contributed by atoms with Crippen LogP contribution >= 0.6 is 0 Å². The molecule has 2 aromatic heterocycles. The molecular weight excluding hydrogens is 357 g/mol. The van der Waals surface area contributed by atoms with Crippen molar-refractivity contribution in [3.63, 3.8) is 0 Å². The van der Waals surface area contributed by atoms with Gasteiger partial charge in [-0.2, -0.15) is 10.4 Å². The summed E-state index contributed by atoms with van der Waals surface area (Å²) in [5, 5.41) is 14.7. The van der Waals surface area contributed by atoms with Gasteiger partial charge in [0.2, 0.25) is 0 Å². The molecule has 0 fully saturated rings. The molecule has 2 heterocycles. The zero-order valence-corrected chi connectivity index (χ0v) is 15.2. The molecule has 7 nitrogen and oxygen atoms in total. The molecule has 1 aromatic carbocycles. The average molecular weight is 375 g/mol. The Kier molecular flexibility index (Phi) is 4.08. The van der Waals surface area contributed by atoms with E-state index in [9.17, 15) is 9.65 Å². The van der Waals surface area contributed by atoms with Crippen molar-refractivity contribution in [1.82, 2.24) is 19.7 Å². The maximum atomic E-state index is 14.9. The fourth-order valence-corrected chi connectivity index (χ4v) is 3.47. The Morgan fingerprint density at radius 1 is 1.32 bits per heavy atom. The van der Waals surface area contributed by atoms with Crippen molar-refractivity contribution in [3.05, 3.63) is 71.5 Å². The van der Waals surface area contributed by atoms with Crippen LogP contribution in [0.1, 0.15) is 16.8 Å². The van der Waals surface area contributed by atoms with Crippen LogP contribution in [-0.4, -0.2) is 25.9 Å². The molecule has 140 valence electrons. The van der Waals surface area contributed by atoms with Crippen LogP contribution in [0.15, 0.2) is 54.6 Å². The van der Waals surface area contributed by atoms with E-state index in [0.717, 1.165) is 16.8 Å². The fourth-order valence-electron chi connectivity index (χ4n) is 3.47. The summed E-state index contributed by atoms with van der Waals surface area (Å²) in [6.07, 6.45) is 5.56. The number of hydrogen-bond acceptors (Lipinski definition) is 6. The molecule has 8 heteroatoms. The number of benzene rings is 1. The Morgan fingerprint density at radius 3 is 2.86 bits per heavy atom. The topological polar surface area (TPSA) is 119 Å². The van der Waals surface area contributed by atoms with Gasteiger partial charge in [-0.15, -0.1) is 0 Å². The molecular formula is C20H18FN7. The van der Waals surface area contributed by atoms with Gasteiger partial charge >= 0.3 is 0 Å². The standard InChI is InChI=1S/C20H18FN7/c1-12-7-13(5-6-15(12)23)9-28-19-14(8-27-28)18(25-11-26-19)20(10-22)16(21)3-2-4-17(20)24/h2-8,11,16H,9,23-24H2,1H3. The van der Waals surface area contributed by atoms with E-state index in [1.54, 1.807) is 10.9 Å². The highest BCUT2D eigenvalue weighted by Crippen LogP contribution is 2.39. The van der Waals surface area contributed by atoms with Crippen molar-refractivity contribution in [1.29, 1.82) is 5.26 Å². The minimum absolute atomic E-state index is 0.104. The van der Waals surface area contributed by atoms with E-state index >= 15 is 0 Å². The normalized spacial score (nSPS) is 21.5. The first-order chi connectivity index (χ1) is 13.5. The number of alkyl halides is 1. The van der Waals surface area contributed by atoms with E-state index in [1.807, 2.05) is 31.2 Å². The Bertz CT molecular complexity index is 1170. The van der Waals surface area contributed by atoms with Crippen LogP contribution < -0.4 is 11.5 Å². The molecule has 2 atom stereocenters. The van der Waals surface area contributed by atoms with Crippen molar-refractivity contribution in [2.24, 2.45) is 5.73 Å². The van der Waals surface area contributed by atoms with Gasteiger partial charge in [0.15, 0.2) is 11.1 Å². The number of fused-ring (bicyclic) bond motifs is 1. The maximum Gasteiger partial charge on any atom is 0.174 e. The van der Waals surface area contributed by atoms with E-state index in [4.69, 9.17) is 11.5 Å². The monoisotopic (exact) mass is 375 g/mol. The highest BCUT2D eigenvalue weighted by atomic mass is 19.1. The number of nitrogens with two attached hydrogens (primary N) is 2. The molecule has 4 rings (SSSR count). The maximum absolute atomic E-state index is 14.9. The van der Waals surface area contributed by atoms with E-state index in [-0.39, 0.29) is 11.4 Å². The second-order valence-electron chi connectivity index (χ2n) is 6.78. The third kappa shape index (κ3) is 2.52. The molecule has 1 aliphatic carbocycles. The number of nitriles is 1. The van der Waals surface area contributed by atoms with Crippen LogP contribution in [0.2, 0.25) is 0 Å². The summed E-state index contributed by atoms with van der Waals surface area (Å²) < 4.78 is 16.6. The summed E-state index contributed by atoms with van der Waals surface area (Å²) in [6, 6.07) is 7.77. The lowest BCUT2D eigenvalue weighted by atomic mass is 9.74. The second-order valence-corrected chi connectivity index (χ2v) is 6.78. The molecule has 2 unspecified atom stereocenters. The average Bonchev–Trinajstić information content (AvgIpc) is 3.09. The van der Waals surface area contributed by atoms with Gasteiger partial charge in [-0.25, -0.2) is 19.0 Å². The molecule has 0 amide bonds. The van der Waals surface area contributed by atoms with Crippen molar-refractivity contribution in [2.75, 3.05) is 5.73 Å². The number of allylic oxidation sites excluding steroid dienone is 4. The Labute approximate surface area is 160 Å². The van der Waals surface area contributed by atoms with Gasteiger partial charge < -0.3 is 11.5 Å². The summed E-state index contributed by atoms with van der Waals surface area (Å²) in [7, 11) is 0. The van der Waals surface area contributed by atoms with Crippen LogP contribution in [-0.2, 0) is 12.0 Å². The van der Waals surface area contributed by atoms with Crippen molar-refractivity contribution >= 4 is 16.7 Å². The van der Waals surface area contributed by atoms with Crippen LogP contribution in [0.5, 0.6) is 0 Å². The first kappa shape index (κ1) is 17.7. The number of hydrogen-bond donors (Lipinski definition) is 2. The molecule has 0 radical (unpaired) electrons. The Hall–Kier alpha value is -3.73. The molecule has 0 bridgehead atoms. The van der Waals surface area contributed by atoms with E-state index in [0.29, 0.717) is 17.6 Å². The highest BCUT2D eigenvalue weighted by molar-refractivity contribution is 5.80. The molecule has 4 N–H and O–H groups in total. The number of aryl methyl sites for hydroxylation is 1. The zero-order valence-electron chi connectivity index (χ0n) is 15.2. The lowest BCUT2D eigenvalue weighted by Crippen LogP contribution is -2.42. The number of halogens is 1. The first-order valence-corrected chi connectivity index (χ1v) is 8.69. The van der Waals surface area contributed by atoms with Crippen molar-refractivity contribution in [2.45, 2.75) is 25.1 Å². The van der Waals surface area contributed by atoms with E-state index in [2.05, 4.69) is 15.1 Å². The SMILES string of the molecule is Cc1cc(Cn2ncc3c(C4(C#N)C(N)=CC=CC4F)ncnc32)ccc1N. The third-order valence-electron chi connectivity index (χ3n) is 5.07. The van der Waals surface area contributed by atoms with Crippen LogP contribution in [0.3, 0.4) is 0 Å². The van der Waals surface area contributed by atoms with Crippen LogP contribution in [0, 0.1) is 18.3 Å². The first-order valence-electron chi connectivity index (χ1n) is 8.69. The number of aromatic nitrogens is 4. The summed E-state index contributed by atoms with van der Waals surface area (Å²) in [5.74, 6) is 0. The molecule has 0 saturated carbocycles. The highest BCUT2D eigenvalue weighted by Gasteiger charge is 2.47. The van der Waals surface area contributed by atoms with E-state index in [1.165, 1.54) is 24.6 Å². The van der Waals surface area contributed by atoms with Crippen molar-refractivity contribution < 1.29 is 4.39 Å². The molecule has 28 heavy (non-hydrogen) atoms. The second kappa shape index (κ2) is 6.46.